The number of carbonyl (C=O) groups is 1. The summed E-state index contributed by atoms with van der Waals surface area (Å²) >= 11 is 0. The third-order valence-electron chi connectivity index (χ3n) is 6.15. The van der Waals surface area contributed by atoms with E-state index in [-0.39, 0.29) is 22.4 Å². The van der Waals surface area contributed by atoms with Crippen molar-refractivity contribution in [2.75, 3.05) is 0 Å². The van der Waals surface area contributed by atoms with Crippen molar-refractivity contribution >= 4 is 17.3 Å². The van der Waals surface area contributed by atoms with Crippen LogP contribution < -0.4 is 10.5 Å². The number of fused-ring (bicyclic) bond motifs is 1. The van der Waals surface area contributed by atoms with E-state index in [1.54, 1.807) is 0 Å². The molecule has 1 aromatic rings. The molecule has 0 heterocycles. The average molecular weight is 404 g/mol. The monoisotopic (exact) mass is 404 g/mol. The number of benzene rings is 1. The van der Waals surface area contributed by atoms with Crippen molar-refractivity contribution in [2.24, 2.45) is 11.3 Å². The molecule has 29 heavy (non-hydrogen) atoms. The topological polar surface area (TPSA) is 122 Å². The van der Waals surface area contributed by atoms with E-state index in [1.165, 1.54) is 11.1 Å². The van der Waals surface area contributed by atoms with Gasteiger partial charge in [-0.3, -0.25) is 0 Å². The molecule has 3 rings (SSSR count). The standard InChI is InChI=1S/C21H28N2O6/c1-12-5-6-17-13(2)7-19(21(3,4)11-18(12)17)29-20(24)14-8-15(22(25)26)10-16(9-14)23(27)28/h8-10,17,19,22-23,25,27H,2,5-7,11H2,1,3-4H3/t17-,19+/m1/s1. The molecule has 0 aromatic heterocycles. The highest BCUT2D eigenvalue weighted by Crippen LogP contribution is 2.49. The summed E-state index contributed by atoms with van der Waals surface area (Å²) in [6.07, 6.45) is 3.01. The van der Waals surface area contributed by atoms with Gasteiger partial charge in [0.1, 0.15) is 6.10 Å². The van der Waals surface area contributed by atoms with Gasteiger partial charge in [0.15, 0.2) is 11.4 Å². The van der Waals surface area contributed by atoms with Gasteiger partial charge in [0.2, 0.25) is 0 Å². The summed E-state index contributed by atoms with van der Waals surface area (Å²) in [5, 5.41) is 38.5. The Morgan fingerprint density at radius 3 is 2.34 bits per heavy atom. The summed E-state index contributed by atoms with van der Waals surface area (Å²) in [5.41, 5.74) is 2.88. The Labute approximate surface area is 169 Å². The molecule has 158 valence electrons. The number of nitrogens with one attached hydrogen (secondary N) is 2. The number of carbonyl (C=O) groups excluding carboxylic acids is 1. The van der Waals surface area contributed by atoms with Gasteiger partial charge < -0.3 is 15.2 Å². The number of hydrogen-bond donors (Lipinski definition) is 4. The molecule has 0 saturated heterocycles. The van der Waals surface area contributed by atoms with Gasteiger partial charge in [0.25, 0.3) is 0 Å². The molecule has 2 aliphatic carbocycles. The fourth-order valence-corrected chi connectivity index (χ4v) is 4.37. The smallest absolute Gasteiger partial charge is 0.338 e. The van der Waals surface area contributed by atoms with Crippen LogP contribution in [-0.2, 0) is 4.74 Å². The van der Waals surface area contributed by atoms with Crippen LogP contribution in [0.5, 0.6) is 0 Å². The Morgan fingerprint density at radius 1 is 1.21 bits per heavy atom. The van der Waals surface area contributed by atoms with Crippen molar-refractivity contribution < 1.29 is 30.4 Å². The van der Waals surface area contributed by atoms with Crippen LogP contribution in [0.25, 0.3) is 0 Å². The second kappa shape index (κ2) is 7.98. The van der Waals surface area contributed by atoms with E-state index in [1.807, 2.05) is 0 Å². The maximum absolute atomic E-state index is 12.8. The molecule has 0 bridgehead atoms. The van der Waals surface area contributed by atoms with E-state index in [2.05, 4.69) is 27.4 Å². The number of ether oxygens (including phenoxy) is 1. The van der Waals surface area contributed by atoms with E-state index < -0.39 is 22.5 Å². The van der Waals surface area contributed by atoms with Gasteiger partial charge in [-0.25, -0.2) is 15.2 Å². The van der Waals surface area contributed by atoms with Crippen molar-refractivity contribution in [3.8, 4) is 0 Å². The van der Waals surface area contributed by atoms with Crippen LogP contribution in [0.15, 0.2) is 41.5 Å². The first-order valence-corrected chi connectivity index (χ1v) is 9.68. The summed E-state index contributed by atoms with van der Waals surface area (Å²) in [4.78, 5) is 12.8. The molecule has 0 aliphatic heterocycles. The van der Waals surface area contributed by atoms with E-state index in [4.69, 9.17) is 4.74 Å². The van der Waals surface area contributed by atoms with Crippen molar-refractivity contribution in [3.05, 3.63) is 57.5 Å². The predicted octanol–water partition coefficient (Wildman–Crippen LogP) is 2.12. The molecular weight excluding hydrogens is 376 g/mol. The fourth-order valence-electron chi connectivity index (χ4n) is 4.37. The van der Waals surface area contributed by atoms with Crippen LogP contribution in [-0.4, -0.2) is 22.5 Å². The van der Waals surface area contributed by atoms with Crippen LogP contribution in [0.1, 0.15) is 56.8 Å². The lowest BCUT2D eigenvalue weighted by atomic mass is 9.80. The Bertz CT molecular complexity index is 832. The molecule has 4 atom stereocenters. The summed E-state index contributed by atoms with van der Waals surface area (Å²) in [7, 11) is 0. The van der Waals surface area contributed by atoms with Gasteiger partial charge in [-0.15, -0.1) is 0 Å². The lowest BCUT2D eigenvalue weighted by Crippen LogP contribution is -3.00. The zero-order valence-electron chi connectivity index (χ0n) is 16.9. The van der Waals surface area contributed by atoms with E-state index in [0.717, 1.165) is 43.0 Å². The van der Waals surface area contributed by atoms with Gasteiger partial charge in [0, 0.05) is 29.9 Å². The number of hydrogen-bond acceptors (Lipinski definition) is 6. The summed E-state index contributed by atoms with van der Waals surface area (Å²) < 4.78 is 5.80. The van der Waals surface area contributed by atoms with Crippen LogP contribution in [0.2, 0.25) is 0 Å². The second-order valence-electron chi connectivity index (χ2n) is 8.73. The molecule has 8 heteroatoms. The zero-order valence-corrected chi connectivity index (χ0v) is 16.9. The van der Waals surface area contributed by atoms with Gasteiger partial charge in [0.05, 0.1) is 11.6 Å². The minimum absolute atomic E-state index is 0.0800. The predicted molar refractivity (Wildman–Crippen MR) is 105 cm³/mol. The molecule has 1 aromatic carbocycles. The quantitative estimate of drug-likeness (QED) is 0.346. The van der Waals surface area contributed by atoms with Gasteiger partial charge in [-0.2, -0.15) is 10.5 Å². The summed E-state index contributed by atoms with van der Waals surface area (Å²) in [6, 6.07) is 3.32. The zero-order chi connectivity index (χ0) is 21.5. The molecule has 4 N–H and O–H groups in total. The minimum Gasteiger partial charge on any atom is -0.595 e. The number of rotatable bonds is 4. The number of esters is 1. The van der Waals surface area contributed by atoms with Crippen molar-refractivity contribution in [3.63, 3.8) is 0 Å². The Hall–Kier alpha value is -2.07. The Balaban J connectivity index is 1.88. The molecular formula is C21H28N2O6. The highest BCUT2D eigenvalue weighted by Gasteiger charge is 2.42. The lowest BCUT2D eigenvalue weighted by Gasteiger charge is -2.32. The number of quaternary nitrogens is 2. The molecule has 0 amide bonds. The largest absolute Gasteiger partial charge is 0.595 e. The number of allylic oxidation sites excluding steroid dienone is 2. The first-order valence-electron chi connectivity index (χ1n) is 9.68. The molecule has 2 unspecified atom stereocenters. The first-order chi connectivity index (χ1) is 13.5. The van der Waals surface area contributed by atoms with E-state index in [9.17, 15) is 25.6 Å². The van der Waals surface area contributed by atoms with Crippen LogP contribution >= 0.6 is 0 Å². The summed E-state index contributed by atoms with van der Waals surface area (Å²) in [5.74, 6) is -0.397. The molecule has 1 saturated carbocycles. The van der Waals surface area contributed by atoms with Gasteiger partial charge in [-0.05, 0) is 26.2 Å². The van der Waals surface area contributed by atoms with Crippen molar-refractivity contribution in [2.45, 2.75) is 52.6 Å². The minimum atomic E-state index is -1.31. The third-order valence-corrected chi connectivity index (χ3v) is 6.15. The van der Waals surface area contributed by atoms with Gasteiger partial charge >= 0.3 is 5.97 Å². The van der Waals surface area contributed by atoms with Crippen molar-refractivity contribution in [1.29, 1.82) is 0 Å². The van der Waals surface area contributed by atoms with Crippen LogP contribution in [0.4, 0.5) is 11.4 Å². The highest BCUT2D eigenvalue weighted by molar-refractivity contribution is 5.91. The lowest BCUT2D eigenvalue weighted by molar-refractivity contribution is -0.996. The Morgan fingerprint density at radius 2 is 1.79 bits per heavy atom. The molecule has 1 fully saturated rings. The molecule has 0 radical (unpaired) electrons. The maximum Gasteiger partial charge on any atom is 0.338 e. The van der Waals surface area contributed by atoms with E-state index >= 15 is 0 Å². The first kappa shape index (κ1) is 21.6. The van der Waals surface area contributed by atoms with Crippen molar-refractivity contribution in [1.82, 2.24) is 0 Å². The SMILES string of the molecule is C=C1C[C@H](OC(=O)c2cc([NH+]([O-])O)cc([NH+]([O-])O)c2)C(C)(C)CC2=C(C)CC[C@H]12. The van der Waals surface area contributed by atoms with Gasteiger partial charge in [-0.1, -0.05) is 37.1 Å². The fraction of sp³-hybridized carbons (Fsp3) is 0.476. The van der Waals surface area contributed by atoms with E-state index in [0.29, 0.717) is 12.3 Å². The maximum atomic E-state index is 12.8. The Kier molecular flexibility index (Phi) is 5.96. The van der Waals surface area contributed by atoms with Crippen LogP contribution in [0.3, 0.4) is 0 Å². The van der Waals surface area contributed by atoms with Crippen LogP contribution in [0, 0.1) is 21.7 Å². The third kappa shape index (κ3) is 4.42. The second-order valence-corrected chi connectivity index (χ2v) is 8.73. The normalized spacial score (nSPS) is 26.0. The molecule has 2 aliphatic rings. The molecule has 8 nitrogen and oxygen atoms in total. The summed E-state index contributed by atoms with van der Waals surface area (Å²) in [6.45, 7) is 10.5. The molecule has 0 spiro atoms. The average Bonchev–Trinajstić information content (AvgIpc) is 2.96. The highest BCUT2D eigenvalue weighted by atomic mass is 16.8.